The highest BCUT2D eigenvalue weighted by Gasteiger charge is 2.25. The van der Waals surface area contributed by atoms with E-state index in [0.29, 0.717) is 17.5 Å². The Labute approximate surface area is 124 Å². The number of hydrogen-bond donors (Lipinski definition) is 1. The molecule has 0 amide bonds. The van der Waals surface area contributed by atoms with Crippen LogP contribution in [0.15, 0.2) is 17.0 Å². The van der Waals surface area contributed by atoms with Crippen LogP contribution in [-0.2, 0) is 10.0 Å². The lowest BCUT2D eigenvalue weighted by molar-refractivity contribution is -0.385. The normalized spacial score (nSPS) is 13.4. The van der Waals surface area contributed by atoms with Crippen molar-refractivity contribution in [2.24, 2.45) is 0 Å². The number of nitrogens with zero attached hydrogens (tertiary/aromatic N) is 2. The van der Waals surface area contributed by atoms with Crippen LogP contribution in [-0.4, -0.2) is 42.4 Å². The molecule has 1 N–H and O–H groups in total. The summed E-state index contributed by atoms with van der Waals surface area (Å²) in [4.78, 5) is 10.3. The Kier molecular flexibility index (Phi) is 5.43. The van der Waals surface area contributed by atoms with E-state index in [2.05, 4.69) is 0 Å². The van der Waals surface area contributed by atoms with Crippen molar-refractivity contribution < 1.29 is 18.4 Å². The first kappa shape index (κ1) is 17.5. The first-order valence-corrected chi connectivity index (χ1v) is 7.91. The molecule has 7 nitrogen and oxygen atoms in total. The van der Waals surface area contributed by atoms with Gasteiger partial charge in [-0.1, -0.05) is 0 Å². The van der Waals surface area contributed by atoms with Crippen molar-refractivity contribution in [3.63, 3.8) is 0 Å². The van der Waals surface area contributed by atoms with Crippen LogP contribution in [0.1, 0.15) is 24.5 Å². The van der Waals surface area contributed by atoms with Gasteiger partial charge in [0.15, 0.2) is 0 Å². The minimum absolute atomic E-state index is 0.106. The SMILES string of the molecule is Cc1cc(S(=O)(=O)N(C)CCC(C)O)cc([N+](=O)[O-])c1C. The average Bonchev–Trinajstić information content (AvgIpc) is 2.38. The number of nitro groups is 1. The number of benzene rings is 1. The van der Waals surface area contributed by atoms with Crippen molar-refractivity contribution in [2.75, 3.05) is 13.6 Å². The van der Waals surface area contributed by atoms with Gasteiger partial charge in [-0.15, -0.1) is 0 Å². The van der Waals surface area contributed by atoms with E-state index < -0.39 is 21.1 Å². The summed E-state index contributed by atoms with van der Waals surface area (Å²) in [5, 5.41) is 20.2. The maximum absolute atomic E-state index is 12.4. The summed E-state index contributed by atoms with van der Waals surface area (Å²) >= 11 is 0. The molecule has 0 aromatic heterocycles. The predicted molar refractivity (Wildman–Crippen MR) is 78.7 cm³/mol. The minimum Gasteiger partial charge on any atom is -0.393 e. The third kappa shape index (κ3) is 3.99. The van der Waals surface area contributed by atoms with E-state index in [1.165, 1.54) is 13.1 Å². The van der Waals surface area contributed by atoms with Crippen LogP contribution in [0, 0.1) is 24.0 Å². The van der Waals surface area contributed by atoms with E-state index in [1.54, 1.807) is 20.8 Å². The topological polar surface area (TPSA) is 101 Å². The molecule has 0 spiro atoms. The van der Waals surface area contributed by atoms with Gasteiger partial charge in [0.1, 0.15) is 0 Å². The second kappa shape index (κ2) is 6.50. The van der Waals surface area contributed by atoms with E-state index in [-0.39, 0.29) is 17.1 Å². The maximum atomic E-state index is 12.4. The Morgan fingerprint density at radius 3 is 2.43 bits per heavy atom. The molecule has 0 fully saturated rings. The fourth-order valence-electron chi connectivity index (χ4n) is 1.82. The number of nitro benzene ring substituents is 1. The van der Waals surface area contributed by atoms with Gasteiger partial charge in [0.25, 0.3) is 5.69 Å². The molecule has 1 aromatic rings. The molecule has 0 aliphatic carbocycles. The van der Waals surface area contributed by atoms with Gasteiger partial charge in [-0.3, -0.25) is 10.1 Å². The molecule has 0 radical (unpaired) electrons. The van der Waals surface area contributed by atoms with Gasteiger partial charge in [-0.2, -0.15) is 0 Å². The van der Waals surface area contributed by atoms with Crippen molar-refractivity contribution in [3.05, 3.63) is 33.4 Å². The fourth-order valence-corrected chi connectivity index (χ4v) is 3.11. The number of aryl methyl sites for hydroxylation is 1. The maximum Gasteiger partial charge on any atom is 0.273 e. The Bertz CT molecular complexity index is 640. The highest BCUT2D eigenvalue weighted by Crippen LogP contribution is 2.27. The lowest BCUT2D eigenvalue weighted by atomic mass is 10.1. The van der Waals surface area contributed by atoms with Crippen molar-refractivity contribution in [2.45, 2.75) is 38.2 Å². The van der Waals surface area contributed by atoms with Crippen molar-refractivity contribution in [1.29, 1.82) is 0 Å². The third-order valence-electron chi connectivity index (χ3n) is 3.38. The average molecular weight is 316 g/mol. The molecule has 0 heterocycles. The predicted octanol–water partition coefficient (Wildman–Crippen LogP) is 1.60. The first-order chi connectivity index (χ1) is 9.57. The zero-order valence-electron chi connectivity index (χ0n) is 12.5. The summed E-state index contributed by atoms with van der Waals surface area (Å²) in [5.41, 5.74) is 0.787. The summed E-state index contributed by atoms with van der Waals surface area (Å²) in [6.07, 6.45) is -0.320. The minimum atomic E-state index is -3.81. The Hall–Kier alpha value is -1.51. The molecule has 0 saturated heterocycles. The lowest BCUT2D eigenvalue weighted by Gasteiger charge is -2.18. The lowest BCUT2D eigenvalue weighted by Crippen LogP contribution is -2.29. The van der Waals surface area contributed by atoms with Gasteiger partial charge >= 0.3 is 0 Å². The van der Waals surface area contributed by atoms with Crippen LogP contribution in [0.3, 0.4) is 0 Å². The number of aliphatic hydroxyl groups is 1. The van der Waals surface area contributed by atoms with Gasteiger partial charge in [0.2, 0.25) is 10.0 Å². The van der Waals surface area contributed by atoms with Crippen molar-refractivity contribution in [3.8, 4) is 0 Å². The number of aliphatic hydroxyl groups excluding tert-OH is 1. The Balaban J connectivity index is 3.23. The molecule has 0 aliphatic rings. The molecule has 8 heteroatoms. The molecule has 0 saturated carbocycles. The van der Waals surface area contributed by atoms with E-state index in [1.807, 2.05) is 0 Å². The highest BCUT2D eigenvalue weighted by atomic mass is 32.2. The molecule has 1 aromatic carbocycles. The van der Waals surface area contributed by atoms with Gasteiger partial charge in [0.05, 0.1) is 15.9 Å². The zero-order chi connectivity index (χ0) is 16.4. The molecule has 118 valence electrons. The van der Waals surface area contributed by atoms with Gasteiger partial charge in [-0.05, 0) is 38.8 Å². The van der Waals surface area contributed by atoms with Crippen LogP contribution in [0.25, 0.3) is 0 Å². The Morgan fingerprint density at radius 1 is 1.38 bits per heavy atom. The van der Waals surface area contributed by atoms with Gasteiger partial charge in [-0.25, -0.2) is 12.7 Å². The van der Waals surface area contributed by atoms with Crippen LogP contribution in [0.4, 0.5) is 5.69 Å². The third-order valence-corrected chi connectivity index (χ3v) is 5.21. The summed E-state index contributed by atoms with van der Waals surface area (Å²) in [7, 11) is -2.42. The highest BCUT2D eigenvalue weighted by molar-refractivity contribution is 7.89. The number of hydrogen-bond acceptors (Lipinski definition) is 5. The summed E-state index contributed by atoms with van der Waals surface area (Å²) in [6.45, 7) is 4.93. The molecule has 1 atom stereocenters. The first-order valence-electron chi connectivity index (χ1n) is 6.47. The van der Waals surface area contributed by atoms with E-state index >= 15 is 0 Å². The van der Waals surface area contributed by atoms with Gasteiger partial charge in [0, 0.05) is 25.2 Å². The van der Waals surface area contributed by atoms with E-state index in [4.69, 9.17) is 0 Å². The second-order valence-corrected chi connectivity index (χ2v) is 7.15. The molecular weight excluding hydrogens is 296 g/mol. The van der Waals surface area contributed by atoms with Crippen LogP contribution < -0.4 is 0 Å². The Morgan fingerprint density at radius 2 is 1.95 bits per heavy atom. The van der Waals surface area contributed by atoms with Crippen LogP contribution in [0.5, 0.6) is 0 Å². The molecular formula is C13H20N2O5S. The quantitative estimate of drug-likeness (QED) is 0.634. The number of rotatable bonds is 6. The summed E-state index contributed by atoms with van der Waals surface area (Å²) in [5.74, 6) is 0. The van der Waals surface area contributed by atoms with E-state index in [0.717, 1.165) is 10.4 Å². The van der Waals surface area contributed by atoms with Crippen molar-refractivity contribution in [1.82, 2.24) is 4.31 Å². The van der Waals surface area contributed by atoms with E-state index in [9.17, 15) is 23.6 Å². The van der Waals surface area contributed by atoms with Crippen molar-refractivity contribution >= 4 is 15.7 Å². The summed E-state index contributed by atoms with van der Waals surface area (Å²) in [6, 6.07) is 2.51. The van der Waals surface area contributed by atoms with Crippen LogP contribution in [0.2, 0.25) is 0 Å². The number of sulfonamides is 1. The summed E-state index contributed by atoms with van der Waals surface area (Å²) < 4.78 is 25.9. The molecule has 0 bridgehead atoms. The fraction of sp³-hybridized carbons (Fsp3) is 0.538. The largest absolute Gasteiger partial charge is 0.393 e. The zero-order valence-corrected chi connectivity index (χ0v) is 13.3. The molecule has 0 aliphatic heterocycles. The molecule has 1 rings (SSSR count). The molecule has 21 heavy (non-hydrogen) atoms. The van der Waals surface area contributed by atoms with Crippen LogP contribution >= 0.6 is 0 Å². The molecule has 1 unspecified atom stereocenters. The van der Waals surface area contributed by atoms with Gasteiger partial charge < -0.3 is 5.11 Å². The standard InChI is InChI=1S/C13H20N2O5S/c1-9-7-12(8-13(11(9)3)15(17)18)21(19,20)14(4)6-5-10(2)16/h7-8,10,16H,5-6H2,1-4H3. The monoisotopic (exact) mass is 316 g/mol. The smallest absolute Gasteiger partial charge is 0.273 e. The second-order valence-electron chi connectivity index (χ2n) is 5.11.